The van der Waals surface area contributed by atoms with Crippen LogP contribution in [0.2, 0.25) is 0 Å². The Kier molecular flexibility index (Phi) is 4.38. The van der Waals surface area contributed by atoms with Gasteiger partial charge in [-0.25, -0.2) is 21.6 Å². The largest absolute Gasteiger partial charge is 0.389 e. The van der Waals surface area contributed by atoms with Crippen molar-refractivity contribution in [3.05, 3.63) is 24.3 Å². The highest BCUT2D eigenvalue weighted by Gasteiger charge is 2.37. The predicted octanol–water partition coefficient (Wildman–Crippen LogP) is -1.68. The molecule has 0 spiro atoms. The highest BCUT2D eigenvalue weighted by Crippen LogP contribution is 2.22. The SMILES string of the molecule is CNS(=O)(=O)c1ccc(S(=O)(=O)N2CC(O)C(O)C2)cc1. The third-order valence-electron chi connectivity index (χ3n) is 3.27. The summed E-state index contributed by atoms with van der Waals surface area (Å²) in [5, 5.41) is 18.8. The molecule has 0 amide bonds. The van der Waals surface area contributed by atoms with E-state index in [1.807, 2.05) is 0 Å². The quantitative estimate of drug-likeness (QED) is 0.603. The molecule has 2 rings (SSSR count). The number of hydrogen-bond donors (Lipinski definition) is 3. The predicted molar refractivity (Wildman–Crippen MR) is 73.5 cm³/mol. The first-order valence-electron chi connectivity index (χ1n) is 6.08. The molecule has 2 atom stereocenters. The van der Waals surface area contributed by atoms with Crippen molar-refractivity contribution in [3.8, 4) is 0 Å². The van der Waals surface area contributed by atoms with E-state index >= 15 is 0 Å². The van der Waals surface area contributed by atoms with E-state index in [0.717, 1.165) is 4.31 Å². The first kappa shape index (κ1) is 16.3. The molecule has 10 heteroatoms. The molecule has 0 bridgehead atoms. The van der Waals surface area contributed by atoms with Gasteiger partial charge in [-0.3, -0.25) is 0 Å². The highest BCUT2D eigenvalue weighted by molar-refractivity contribution is 7.89. The lowest BCUT2D eigenvalue weighted by Gasteiger charge is -2.15. The summed E-state index contributed by atoms with van der Waals surface area (Å²) in [6.45, 7) is -0.389. The van der Waals surface area contributed by atoms with Crippen LogP contribution in [-0.2, 0) is 20.0 Å². The lowest BCUT2D eigenvalue weighted by molar-refractivity contribution is 0.0572. The van der Waals surface area contributed by atoms with Crippen molar-refractivity contribution in [2.24, 2.45) is 0 Å². The van der Waals surface area contributed by atoms with Crippen LogP contribution in [0.25, 0.3) is 0 Å². The summed E-state index contributed by atoms with van der Waals surface area (Å²) >= 11 is 0. The maximum absolute atomic E-state index is 12.3. The van der Waals surface area contributed by atoms with Gasteiger partial charge in [0.1, 0.15) is 0 Å². The van der Waals surface area contributed by atoms with Crippen LogP contribution in [0.4, 0.5) is 0 Å². The van der Waals surface area contributed by atoms with Gasteiger partial charge in [-0.2, -0.15) is 4.31 Å². The Labute approximate surface area is 123 Å². The molecule has 1 saturated heterocycles. The van der Waals surface area contributed by atoms with Crippen molar-refractivity contribution in [2.75, 3.05) is 20.1 Å². The fourth-order valence-electron chi connectivity index (χ4n) is 1.99. The molecule has 8 nitrogen and oxygen atoms in total. The van der Waals surface area contributed by atoms with E-state index in [2.05, 4.69) is 4.72 Å². The molecule has 1 heterocycles. The van der Waals surface area contributed by atoms with E-state index in [4.69, 9.17) is 0 Å². The number of rotatable bonds is 4. The summed E-state index contributed by atoms with van der Waals surface area (Å²) in [7, 11) is -6.25. The third-order valence-corrected chi connectivity index (χ3v) is 6.54. The van der Waals surface area contributed by atoms with E-state index in [1.165, 1.54) is 31.3 Å². The number of sulfonamides is 2. The molecule has 0 aliphatic carbocycles. The van der Waals surface area contributed by atoms with Gasteiger partial charge in [0.25, 0.3) is 0 Å². The highest BCUT2D eigenvalue weighted by atomic mass is 32.2. The van der Waals surface area contributed by atoms with E-state index in [9.17, 15) is 27.0 Å². The molecule has 0 aromatic heterocycles. The Balaban J connectivity index is 2.30. The fraction of sp³-hybridized carbons (Fsp3) is 0.455. The molecule has 1 aliphatic heterocycles. The van der Waals surface area contributed by atoms with Gasteiger partial charge in [0, 0.05) is 13.1 Å². The molecular weight excluding hydrogens is 320 g/mol. The first-order valence-corrected chi connectivity index (χ1v) is 9.00. The molecule has 1 aromatic rings. The van der Waals surface area contributed by atoms with Crippen LogP contribution in [0.5, 0.6) is 0 Å². The summed E-state index contributed by atoms with van der Waals surface area (Å²) in [5.74, 6) is 0. The Morgan fingerprint density at radius 2 is 1.43 bits per heavy atom. The van der Waals surface area contributed by atoms with Crippen LogP contribution in [-0.4, -0.2) is 63.7 Å². The van der Waals surface area contributed by atoms with E-state index < -0.39 is 32.3 Å². The summed E-state index contributed by atoms with van der Waals surface area (Å²) in [6.07, 6.45) is -2.24. The van der Waals surface area contributed by atoms with E-state index in [-0.39, 0.29) is 22.9 Å². The van der Waals surface area contributed by atoms with Crippen LogP contribution in [0.15, 0.2) is 34.1 Å². The van der Waals surface area contributed by atoms with Gasteiger partial charge in [-0.15, -0.1) is 0 Å². The molecule has 1 fully saturated rings. The van der Waals surface area contributed by atoms with Crippen LogP contribution in [0.1, 0.15) is 0 Å². The number of β-amino-alcohol motifs (C(OH)–C–C–N with tert-alkyl or cyclic N) is 2. The number of nitrogens with one attached hydrogen (secondary N) is 1. The maximum atomic E-state index is 12.3. The van der Waals surface area contributed by atoms with Crippen LogP contribution in [0, 0.1) is 0 Å². The number of aliphatic hydroxyl groups excluding tert-OH is 2. The van der Waals surface area contributed by atoms with Gasteiger partial charge < -0.3 is 10.2 Å². The van der Waals surface area contributed by atoms with Crippen molar-refractivity contribution in [2.45, 2.75) is 22.0 Å². The van der Waals surface area contributed by atoms with E-state index in [1.54, 1.807) is 0 Å². The number of benzene rings is 1. The second-order valence-corrected chi connectivity index (χ2v) is 8.46. The smallest absolute Gasteiger partial charge is 0.243 e. The van der Waals surface area contributed by atoms with Gasteiger partial charge in [-0.1, -0.05) is 0 Å². The minimum atomic E-state index is -3.88. The van der Waals surface area contributed by atoms with Crippen molar-refractivity contribution in [1.29, 1.82) is 0 Å². The summed E-state index contributed by atoms with van der Waals surface area (Å²) < 4.78 is 50.8. The van der Waals surface area contributed by atoms with Gasteiger partial charge in [0.2, 0.25) is 20.0 Å². The Bertz CT molecular complexity index is 704. The van der Waals surface area contributed by atoms with Crippen LogP contribution < -0.4 is 4.72 Å². The number of aliphatic hydroxyl groups is 2. The van der Waals surface area contributed by atoms with Crippen LogP contribution >= 0.6 is 0 Å². The van der Waals surface area contributed by atoms with Crippen LogP contribution in [0.3, 0.4) is 0 Å². The van der Waals surface area contributed by atoms with Gasteiger partial charge in [0.15, 0.2) is 0 Å². The summed E-state index contributed by atoms with van der Waals surface area (Å²) in [5.41, 5.74) is 0. The molecular formula is C11H16N2O6S2. The van der Waals surface area contributed by atoms with Crippen molar-refractivity contribution < 1.29 is 27.0 Å². The third kappa shape index (κ3) is 3.10. The Morgan fingerprint density at radius 1 is 1.00 bits per heavy atom. The van der Waals surface area contributed by atoms with Gasteiger partial charge >= 0.3 is 0 Å². The van der Waals surface area contributed by atoms with Crippen molar-refractivity contribution in [3.63, 3.8) is 0 Å². The summed E-state index contributed by atoms with van der Waals surface area (Å²) in [4.78, 5) is -0.149. The topological polar surface area (TPSA) is 124 Å². The zero-order chi connectivity index (χ0) is 15.8. The molecule has 118 valence electrons. The normalized spacial score (nSPS) is 24.3. The standard InChI is InChI=1S/C11H16N2O6S2/c1-12-20(16,17)8-2-4-9(5-3-8)21(18,19)13-6-10(14)11(15)7-13/h2-5,10-12,14-15H,6-7H2,1H3. The van der Waals surface area contributed by atoms with Gasteiger partial charge in [-0.05, 0) is 31.3 Å². The molecule has 3 N–H and O–H groups in total. The molecule has 1 aromatic carbocycles. The zero-order valence-electron chi connectivity index (χ0n) is 11.2. The minimum Gasteiger partial charge on any atom is -0.389 e. The van der Waals surface area contributed by atoms with Crippen molar-refractivity contribution in [1.82, 2.24) is 9.03 Å². The number of nitrogens with zero attached hydrogens (tertiary/aromatic N) is 1. The first-order chi connectivity index (χ1) is 9.68. The van der Waals surface area contributed by atoms with Gasteiger partial charge in [0.05, 0.1) is 22.0 Å². The lowest BCUT2D eigenvalue weighted by Crippen LogP contribution is -2.30. The molecule has 2 unspecified atom stereocenters. The lowest BCUT2D eigenvalue weighted by atomic mass is 10.3. The molecule has 0 radical (unpaired) electrons. The summed E-state index contributed by atoms with van der Waals surface area (Å²) in [6, 6.07) is 4.72. The second-order valence-electron chi connectivity index (χ2n) is 4.64. The monoisotopic (exact) mass is 336 g/mol. The Hall–Kier alpha value is -1.04. The Morgan fingerprint density at radius 3 is 1.86 bits per heavy atom. The minimum absolute atomic E-state index is 0.0505. The maximum Gasteiger partial charge on any atom is 0.243 e. The zero-order valence-corrected chi connectivity index (χ0v) is 12.8. The second kappa shape index (κ2) is 5.63. The molecule has 0 saturated carbocycles. The average Bonchev–Trinajstić information content (AvgIpc) is 2.79. The number of hydrogen-bond acceptors (Lipinski definition) is 6. The molecule has 1 aliphatic rings. The fourth-order valence-corrected chi connectivity index (χ4v) is 4.20. The van der Waals surface area contributed by atoms with E-state index in [0.29, 0.717) is 0 Å². The average molecular weight is 336 g/mol. The molecule has 21 heavy (non-hydrogen) atoms. The van der Waals surface area contributed by atoms with Crippen molar-refractivity contribution >= 4 is 20.0 Å².